The Balaban J connectivity index is 2.33. The van der Waals surface area contributed by atoms with Gasteiger partial charge in [-0.05, 0) is 50.4 Å². The summed E-state index contributed by atoms with van der Waals surface area (Å²) < 4.78 is 0. The molecule has 0 saturated heterocycles. The molecule has 12 heavy (non-hydrogen) atoms. The van der Waals surface area contributed by atoms with Crippen molar-refractivity contribution in [3.05, 3.63) is 11.1 Å². The lowest BCUT2D eigenvalue weighted by molar-refractivity contribution is 0.277. The van der Waals surface area contributed by atoms with Crippen LogP contribution in [0.5, 0.6) is 0 Å². The summed E-state index contributed by atoms with van der Waals surface area (Å²) in [6.07, 6.45) is 5.92. The average Bonchev–Trinajstić information content (AvgIpc) is 2.05. The third-order valence-electron chi connectivity index (χ3n) is 3.86. The van der Waals surface area contributed by atoms with Crippen LogP contribution in [-0.4, -0.2) is 0 Å². The van der Waals surface area contributed by atoms with Gasteiger partial charge in [0, 0.05) is 0 Å². The summed E-state index contributed by atoms with van der Waals surface area (Å²) in [7, 11) is 0. The normalized spacial score (nSPS) is 35.0. The maximum atomic E-state index is 2.38. The number of rotatable bonds is 1. The van der Waals surface area contributed by atoms with Crippen LogP contribution in [0.1, 0.15) is 46.5 Å². The van der Waals surface area contributed by atoms with E-state index in [1.165, 1.54) is 25.7 Å². The molecule has 0 aromatic heterocycles. The zero-order valence-electron chi connectivity index (χ0n) is 8.56. The van der Waals surface area contributed by atoms with Gasteiger partial charge in [0.15, 0.2) is 0 Å². The monoisotopic (exact) mass is 164 g/mol. The van der Waals surface area contributed by atoms with Gasteiger partial charge >= 0.3 is 0 Å². The Kier molecular flexibility index (Phi) is 2.02. The number of hydrogen-bond acceptors (Lipinski definition) is 0. The van der Waals surface area contributed by atoms with Crippen molar-refractivity contribution in [2.45, 2.75) is 46.5 Å². The van der Waals surface area contributed by atoms with E-state index in [0.717, 1.165) is 17.8 Å². The summed E-state index contributed by atoms with van der Waals surface area (Å²) in [5, 5.41) is 0. The van der Waals surface area contributed by atoms with Crippen LogP contribution in [0.4, 0.5) is 0 Å². The second kappa shape index (κ2) is 2.90. The molecule has 0 radical (unpaired) electrons. The van der Waals surface area contributed by atoms with Gasteiger partial charge in [-0.2, -0.15) is 0 Å². The van der Waals surface area contributed by atoms with E-state index in [2.05, 4.69) is 20.8 Å². The molecular weight excluding hydrogens is 144 g/mol. The quantitative estimate of drug-likeness (QED) is 0.517. The second-order valence-corrected chi connectivity index (χ2v) is 4.84. The van der Waals surface area contributed by atoms with E-state index in [1.807, 2.05) is 5.57 Å². The minimum atomic E-state index is 0.804. The van der Waals surface area contributed by atoms with Crippen molar-refractivity contribution < 1.29 is 0 Å². The molecule has 0 spiro atoms. The molecule has 0 N–H and O–H groups in total. The van der Waals surface area contributed by atoms with Crippen molar-refractivity contribution in [1.82, 2.24) is 0 Å². The molecule has 0 amide bonds. The third kappa shape index (κ3) is 1.12. The maximum absolute atomic E-state index is 2.38. The second-order valence-electron chi connectivity index (χ2n) is 4.84. The van der Waals surface area contributed by atoms with Crippen molar-refractivity contribution in [3.8, 4) is 0 Å². The summed E-state index contributed by atoms with van der Waals surface area (Å²) in [4.78, 5) is 0. The van der Waals surface area contributed by atoms with Gasteiger partial charge in [0.05, 0.1) is 0 Å². The minimum absolute atomic E-state index is 0.804. The van der Waals surface area contributed by atoms with Crippen LogP contribution in [0.3, 0.4) is 0 Å². The molecular formula is C12H20. The summed E-state index contributed by atoms with van der Waals surface area (Å²) in [6.45, 7) is 7.10. The molecule has 0 nitrogen and oxygen atoms in total. The van der Waals surface area contributed by atoms with Gasteiger partial charge in [-0.15, -0.1) is 0 Å². The van der Waals surface area contributed by atoms with E-state index >= 15 is 0 Å². The lowest BCUT2D eigenvalue weighted by Crippen LogP contribution is -2.27. The van der Waals surface area contributed by atoms with Crippen molar-refractivity contribution in [1.29, 1.82) is 0 Å². The van der Waals surface area contributed by atoms with Crippen molar-refractivity contribution in [2.75, 3.05) is 0 Å². The van der Waals surface area contributed by atoms with Gasteiger partial charge in [-0.3, -0.25) is 0 Å². The Morgan fingerprint density at radius 3 is 1.83 bits per heavy atom. The molecule has 0 unspecified atom stereocenters. The summed E-state index contributed by atoms with van der Waals surface area (Å²) in [5.74, 6) is 2.74. The SMILES string of the molecule is CC1=C(C(C)C)C2CCC1CC2. The predicted molar refractivity (Wildman–Crippen MR) is 53.0 cm³/mol. The Hall–Kier alpha value is -0.260. The van der Waals surface area contributed by atoms with Crippen molar-refractivity contribution in [3.63, 3.8) is 0 Å². The van der Waals surface area contributed by atoms with Crippen LogP contribution in [0, 0.1) is 17.8 Å². The predicted octanol–water partition coefficient (Wildman–Crippen LogP) is 3.78. The Morgan fingerprint density at radius 1 is 1.00 bits per heavy atom. The van der Waals surface area contributed by atoms with Crippen LogP contribution in [0.25, 0.3) is 0 Å². The van der Waals surface area contributed by atoms with E-state index in [4.69, 9.17) is 0 Å². The van der Waals surface area contributed by atoms with E-state index < -0.39 is 0 Å². The largest absolute Gasteiger partial charge is 0.0705 e. The fourth-order valence-corrected chi connectivity index (χ4v) is 3.32. The van der Waals surface area contributed by atoms with E-state index in [-0.39, 0.29) is 0 Å². The smallest absolute Gasteiger partial charge is 0.0198 e. The Morgan fingerprint density at radius 2 is 1.50 bits per heavy atom. The molecule has 3 rings (SSSR count). The van der Waals surface area contributed by atoms with E-state index in [9.17, 15) is 0 Å². The van der Waals surface area contributed by atoms with Crippen LogP contribution in [-0.2, 0) is 0 Å². The average molecular weight is 164 g/mol. The zero-order valence-corrected chi connectivity index (χ0v) is 8.56. The fraction of sp³-hybridized carbons (Fsp3) is 0.833. The first-order chi connectivity index (χ1) is 5.70. The molecule has 2 bridgehead atoms. The Labute approximate surface area is 76.1 Å². The number of allylic oxidation sites excluding steroid dienone is 2. The number of hydrogen-bond donors (Lipinski definition) is 0. The van der Waals surface area contributed by atoms with E-state index in [1.54, 1.807) is 5.57 Å². The molecule has 0 heterocycles. The standard InChI is InChI=1S/C12H20/c1-8(2)12-9(3)10-4-6-11(12)7-5-10/h8,10-11H,4-7H2,1-3H3. The van der Waals surface area contributed by atoms with Crippen LogP contribution in [0.15, 0.2) is 11.1 Å². The molecule has 0 aliphatic heterocycles. The zero-order chi connectivity index (χ0) is 8.72. The maximum Gasteiger partial charge on any atom is -0.0198 e. The Bertz CT molecular complexity index is 202. The van der Waals surface area contributed by atoms with Gasteiger partial charge < -0.3 is 0 Å². The highest BCUT2D eigenvalue weighted by Crippen LogP contribution is 2.47. The highest BCUT2D eigenvalue weighted by molar-refractivity contribution is 5.25. The lowest BCUT2D eigenvalue weighted by atomic mass is 9.65. The first-order valence-corrected chi connectivity index (χ1v) is 5.40. The molecule has 1 saturated carbocycles. The molecule has 3 aliphatic carbocycles. The summed E-state index contributed by atoms with van der Waals surface area (Å²) in [6, 6.07) is 0. The highest BCUT2D eigenvalue weighted by atomic mass is 14.4. The van der Waals surface area contributed by atoms with Gasteiger partial charge in [0.25, 0.3) is 0 Å². The molecule has 0 aromatic carbocycles. The van der Waals surface area contributed by atoms with Gasteiger partial charge in [0.1, 0.15) is 0 Å². The topological polar surface area (TPSA) is 0 Å². The molecule has 68 valence electrons. The molecule has 1 fully saturated rings. The summed E-state index contributed by atoms with van der Waals surface area (Å²) >= 11 is 0. The third-order valence-corrected chi connectivity index (χ3v) is 3.86. The fourth-order valence-electron chi connectivity index (χ4n) is 3.32. The minimum Gasteiger partial charge on any atom is -0.0705 e. The van der Waals surface area contributed by atoms with Gasteiger partial charge in [0.2, 0.25) is 0 Å². The first-order valence-electron chi connectivity index (χ1n) is 5.40. The van der Waals surface area contributed by atoms with Gasteiger partial charge in [-0.25, -0.2) is 0 Å². The van der Waals surface area contributed by atoms with Crippen molar-refractivity contribution >= 4 is 0 Å². The molecule has 3 aliphatic rings. The van der Waals surface area contributed by atoms with Gasteiger partial charge in [-0.1, -0.05) is 25.0 Å². The van der Waals surface area contributed by atoms with Crippen LogP contribution >= 0.6 is 0 Å². The van der Waals surface area contributed by atoms with E-state index in [0.29, 0.717) is 0 Å². The molecule has 0 atom stereocenters. The first kappa shape index (κ1) is 8.34. The number of fused-ring (bicyclic) bond motifs is 2. The van der Waals surface area contributed by atoms with Crippen molar-refractivity contribution in [2.24, 2.45) is 17.8 Å². The molecule has 0 aromatic rings. The molecule has 0 heteroatoms. The summed E-state index contributed by atoms with van der Waals surface area (Å²) in [5.41, 5.74) is 3.57. The van der Waals surface area contributed by atoms with Crippen LogP contribution < -0.4 is 0 Å². The lowest BCUT2D eigenvalue weighted by Gasteiger charge is -2.41. The van der Waals surface area contributed by atoms with Crippen LogP contribution in [0.2, 0.25) is 0 Å². The highest BCUT2D eigenvalue weighted by Gasteiger charge is 2.33.